The lowest BCUT2D eigenvalue weighted by molar-refractivity contribution is -0.137. The number of alkyl halides is 3. The molecule has 8 nitrogen and oxygen atoms in total. The molecule has 0 bridgehead atoms. The summed E-state index contributed by atoms with van der Waals surface area (Å²) in [6.45, 7) is 5.62. The van der Waals surface area contributed by atoms with Crippen molar-refractivity contribution in [1.82, 2.24) is 29.7 Å². The van der Waals surface area contributed by atoms with Crippen LogP contribution in [0, 0.1) is 0 Å². The molecule has 0 aliphatic carbocycles. The molecule has 2 aliphatic rings. The Morgan fingerprint density at radius 3 is 2.37 bits per heavy atom. The van der Waals surface area contributed by atoms with E-state index in [1.54, 1.807) is 30.9 Å². The average molecular weight is 568 g/mol. The molecule has 4 heterocycles. The molecule has 0 saturated carbocycles. The second kappa shape index (κ2) is 12.5. The number of amides is 1. The van der Waals surface area contributed by atoms with Crippen molar-refractivity contribution in [2.75, 3.05) is 64.3 Å². The van der Waals surface area contributed by atoms with E-state index < -0.39 is 17.2 Å². The summed E-state index contributed by atoms with van der Waals surface area (Å²) < 4.78 is 40.9. The lowest BCUT2D eigenvalue weighted by Gasteiger charge is -2.45. The zero-order valence-corrected chi connectivity index (χ0v) is 23.3. The fraction of sp³-hybridized carbons (Fsp3) is 0.467. The lowest BCUT2D eigenvalue weighted by atomic mass is 9.72. The Morgan fingerprint density at radius 1 is 0.951 bits per heavy atom. The number of likely N-dealkylation sites (N-methyl/N-ethyl adjacent to an activating group) is 1. The minimum absolute atomic E-state index is 0.0688. The molecular formula is C30H36F3N7O. The Kier molecular flexibility index (Phi) is 8.84. The third kappa shape index (κ3) is 7.20. The van der Waals surface area contributed by atoms with Gasteiger partial charge in [0.15, 0.2) is 0 Å². The number of benzene rings is 1. The van der Waals surface area contributed by atoms with E-state index in [-0.39, 0.29) is 5.91 Å². The molecule has 5 rings (SSSR count). The normalized spacial score (nSPS) is 18.1. The van der Waals surface area contributed by atoms with Crippen LogP contribution in [0.2, 0.25) is 0 Å². The van der Waals surface area contributed by atoms with Crippen LogP contribution in [-0.4, -0.2) is 95.0 Å². The number of carbonyl (C=O) groups is 1. The highest BCUT2D eigenvalue weighted by molar-refractivity contribution is 5.78. The van der Waals surface area contributed by atoms with Gasteiger partial charge < -0.3 is 14.7 Å². The number of anilines is 1. The van der Waals surface area contributed by atoms with E-state index >= 15 is 0 Å². The van der Waals surface area contributed by atoms with Crippen molar-refractivity contribution >= 4 is 11.7 Å². The van der Waals surface area contributed by atoms with Crippen LogP contribution in [0.15, 0.2) is 67.4 Å². The monoisotopic (exact) mass is 567 g/mol. The standard InChI is InChI=1S/C30H36F3N7O/c1-37(21-24-4-3-9-34-19-24)23-29(25-5-2-6-26(18-25)30(31,32)33)7-12-40(13-8-29)28(41)22-38-14-16-39(17-15-38)27-20-35-10-11-36-27/h2-6,9-11,18-20H,7-8,12-17,21-23H2,1H3. The van der Waals surface area contributed by atoms with Gasteiger partial charge in [-0.25, -0.2) is 4.98 Å². The van der Waals surface area contributed by atoms with Gasteiger partial charge in [0.2, 0.25) is 5.91 Å². The van der Waals surface area contributed by atoms with Crippen molar-refractivity contribution in [3.63, 3.8) is 0 Å². The smallest absolute Gasteiger partial charge is 0.353 e. The molecule has 11 heteroatoms. The SMILES string of the molecule is CN(Cc1cccnc1)CC1(c2cccc(C(F)(F)F)c2)CCN(C(=O)CN2CCN(c3cnccn3)CC2)CC1. The molecule has 0 N–H and O–H groups in total. The molecule has 2 saturated heterocycles. The van der Waals surface area contributed by atoms with Crippen LogP contribution >= 0.6 is 0 Å². The van der Waals surface area contributed by atoms with Gasteiger partial charge in [-0.15, -0.1) is 0 Å². The Labute approximate surface area is 238 Å². The number of hydrogen-bond donors (Lipinski definition) is 0. The Morgan fingerprint density at radius 2 is 1.71 bits per heavy atom. The molecule has 2 aromatic heterocycles. The van der Waals surface area contributed by atoms with Gasteiger partial charge in [-0.05, 0) is 43.1 Å². The quantitative estimate of drug-likeness (QED) is 0.411. The molecule has 0 atom stereocenters. The number of piperazine rings is 1. The zero-order valence-electron chi connectivity index (χ0n) is 23.3. The predicted octanol–water partition coefficient (Wildman–Crippen LogP) is 3.70. The number of halogens is 3. The lowest BCUT2D eigenvalue weighted by Crippen LogP contribution is -2.53. The van der Waals surface area contributed by atoms with E-state index in [4.69, 9.17) is 0 Å². The third-order valence-corrected chi connectivity index (χ3v) is 8.23. The van der Waals surface area contributed by atoms with Gasteiger partial charge in [0.1, 0.15) is 5.82 Å². The highest BCUT2D eigenvalue weighted by Crippen LogP contribution is 2.39. The minimum Gasteiger partial charge on any atom is -0.353 e. The van der Waals surface area contributed by atoms with Crippen LogP contribution < -0.4 is 4.90 Å². The number of pyridine rings is 1. The molecule has 0 spiro atoms. The first-order valence-electron chi connectivity index (χ1n) is 14.0. The van der Waals surface area contributed by atoms with E-state index in [0.717, 1.165) is 43.6 Å². The Hall–Kier alpha value is -3.57. The molecule has 0 unspecified atom stereocenters. The van der Waals surface area contributed by atoms with E-state index in [9.17, 15) is 18.0 Å². The predicted molar refractivity (Wildman–Crippen MR) is 150 cm³/mol. The van der Waals surface area contributed by atoms with Gasteiger partial charge >= 0.3 is 6.18 Å². The van der Waals surface area contributed by atoms with E-state index in [2.05, 4.69) is 29.7 Å². The van der Waals surface area contributed by atoms with E-state index in [1.165, 1.54) is 12.1 Å². The van der Waals surface area contributed by atoms with Crippen molar-refractivity contribution in [1.29, 1.82) is 0 Å². The molecule has 2 fully saturated rings. The first-order valence-corrected chi connectivity index (χ1v) is 14.0. The van der Waals surface area contributed by atoms with Crippen molar-refractivity contribution in [2.45, 2.75) is 31.0 Å². The van der Waals surface area contributed by atoms with Crippen molar-refractivity contribution < 1.29 is 18.0 Å². The third-order valence-electron chi connectivity index (χ3n) is 8.23. The second-order valence-corrected chi connectivity index (χ2v) is 11.1. The maximum absolute atomic E-state index is 13.6. The van der Waals surface area contributed by atoms with Crippen LogP contribution in [0.1, 0.15) is 29.5 Å². The summed E-state index contributed by atoms with van der Waals surface area (Å²) >= 11 is 0. The highest BCUT2D eigenvalue weighted by Gasteiger charge is 2.40. The topological polar surface area (TPSA) is 68.7 Å². The van der Waals surface area contributed by atoms with Crippen LogP contribution in [0.25, 0.3) is 0 Å². The van der Waals surface area contributed by atoms with Crippen molar-refractivity contribution in [3.8, 4) is 0 Å². The maximum Gasteiger partial charge on any atom is 0.416 e. The fourth-order valence-electron chi connectivity index (χ4n) is 6.00. The molecular weight excluding hydrogens is 531 g/mol. The number of piperidine rings is 1. The van der Waals surface area contributed by atoms with Crippen LogP contribution in [0.3, 0.4) is 0 Å². The van der Waals surface area contributed by atoms with Gasteiger partial charge in [-0.1, -0.05) is 24.3 Å². The van der Waals surface area contributed by atoms with E-state index in [1.807, 2.05) is 30.3 Å². The Bertz CT molecular complexity index is 1280. The van der Waals surface area contributed by atoms with Crippen LogP contribution in [0.4, 0.5) is 19.0 Å². The van der Waals surface area contributed by atoms with Gasteiger partial charge in [-0.2, -0.15) is 13.2 Å². The molecule has 1 amide bonds. The van der Waals surface area contributed by atoms with Gasteiger partial charge in [0.05, 0.1) is 18.3 Å². The summed E-state index contributed by atoms with van der Waals surface area (Å²) in [4.78, 5) is 34.3. The van der Waals surface area contributed by atoms with Gasteiger partial charge in [0.25, 0.3) is 0 Å². The number of likely N-dealkylation sites (tertiary alicyclic amines) is 1. The molecule has 218 valence electrons. The fourth-order valence-corrected chi connectivity index (χ4v) is 6.00. The maximum atomic E-state index is 13.6. The average Bonchev–Trinajstić information content (AvgIpc) is 2.98. The summed E-state index contributed by atoms with van der Waals surface area (Å²) in [6, 6.07) is 9.60. The van der Waals surface area contributed by atoms with Crippen molar-refractivity contribution in [2.24, 2.45) is 0 Å². The molecule has 2 aliphatic heterocycles. The molecule has 3 aromatic rings. The first-order chi connectivity index (χ1) is 19.7. The van der Waals surface area contributed by atoms with Crippen LogP contribution in [-0.2, 0) is 22.9 Å². The number of hydrogen-bond acceptors (Lipinski definition) is 7. The molecule has 41 heavy (non-hydrogen) atoms. The first kappa shape index (κ1) is 28.9. The van der Waals surface area contributed by atoms with Crippen molar-refractivity contribution in [3.05, 3.63) is 84.1 Å². The Balaban J connectivity index is 1.24. The van der Waals surface area contributed by atoms with Crippen LogP contribution in [0.5, 0.6) is 0 Å². The number of aromatic nitrogens is 3. The summed E-state index contributed by atoms with van der Waals surface area (Å²) in [7, 11) is 1.99. The molecule has 0 radical (unpaired) electrons. The number of rotatable bonds is 8. The number of nitrogens with zero attached hydrogens (tertiary/aromatic N) is 7. The summed E-state index contributed by atoms with van der Waals surface area (Å²) in [6.07, 6.45) is 5.39. The van der Waals surface area contributed by atoms with E-state index in [0.29, 0.717) is 51.1 Å². The largest absolute Gasteiger partial charge is 0.416 e. The number of carbonyl (C=O) groups excluding carboxylic acids is 1. The van der Waals surface area contributed by atoms with Gasteiger partial charge in [-0.3, -0.25) is 19.7 Å². The summed E-state index contributed by atoms with van der Waals surface area (Å²) in [5.74, 6) is 0.910. The minimum atomic E-state index is -4.41. The second-order valence-electron chi connectivity index (χ2n) is 11.1. The highest BCUT2D eigenvalue weighted by atomic mass is 19.4. The summed E-state index contributed by atoms with van der Waals surface area (Å²) in [5, 5.41) is 0. The summed E-state index contributed by atoms with van der Waals surface area (Å²) in [5.41, 5.74) is 0.583. The molecule has 1 aromatic carbocycles. The zero-order chi connectivity index (χ0) is 28.9. The van der Waals surface area contributed by atoms with Gasteiger partial charge in [0, 0.05) is 82.6 Å².